The standard InChI is InChI=1S/C19H29BrN3O/c1-4-6-12-23(3,15-10-13-24-14-11-15)19-16(5-2)21-22-17(19)8-7-9-18(22)20/h7-9,15H,4-6,10-14H2,1-3H3/q+1. The van der Waals surface area contributed by atoms with Gasteiger partial charge in [-0.3, -0.25) is 4.48 Å². The molecule has 1 aliphatic rings. The fourth-order valence-corrected chi connectivity index (χ4v) is 4.51. The zero-order valence-corrected chi connectivity index (χ0v) is 16.7. The number of unbranched alkanes of at least 4 members (excludes halogenated alkanes) is 1. The van der Waals surface area contributed by atoms with Gasteiger partial charge in [-0.05, 0) is 40.9 Å². The van der Waals surface area contributed by atoms with Gasteiger partial charge in [0.05, 0.1) is 32.8 Å². The summed E-state index contributed by atoms with van der Waals surface area (Å²) in [6.07, 6.45) is 5.69. The Morgan fingerprint density at radius 1 is 1.29 bits per heavy atom. The van der Waals surface area contributed by atoms with Gasteiger partial charge >= 0.3 is 0 Å². The molecule has 0 saturated carbocycles. The zero-order chi connectivity index (χ0) is 17.2. The highest BCUT2D eigenvalue weighted by molar-refractivity contribution is 9.10. The van der Waals surface area contributed by atoms with Gasteiger partial charge in [0, 0.05) is 12.8 Å². The fraction of sp³-hybridized carbons (Fsp3) is 0.632. The molecular weight excluding hydrogens is 366 g/mol. The Hall–Kier alpha value is -0.910. The minimum absolute atomic E-state index is 0.614. The summed E-state index contributed by atoms with van der Waals surface area (Å²) in [6, 6.07) is 7.02. The van der Waals surface area contributed by atoms with Crippen LogP contribution in [0.3, 0.4) is 0 Å². The van der Waals surface area contributed by atoms with Crippen LogP contribution in [0.2, 0.25) is 0 Å². The molecule has 0 aliphatic carbocycles. The Kier molecular flexibility index (Phi) is 5.63. The summed E-state index contributed by atoms with van der Waals surface area (Å²) in [6.45, 7) is 7.43. The van der Waals surface area contributed by atoms with Crippen molar-refractivity contribution >= 4 is 27.1 Å². The van der Waals surface area contributed by atoms with E-state index >= 15 is 0 Å². The highest BCUT2D eigenvalue weighted by Crippen LogP contribution is 2.37. The van der Waals surface area contributed by atoms with Crippen LogP contribution in [-0.4, -0.2) is 42.5 Å². The van der Waals surface area contributed by atoms with Crippen LogP contribution in [0.15, 0.2) is 22.8 Å². The molecule has 1 atom stereocenters. The van der Waals surface area contributed by atoms with Gasteiger partial charge in [0.25, 0.3) is 0 Å². The van der Waals surface area contributed by atoms with Crippen LogP contribution in [-0.2, 0) is 11.2 Å². The second kappa shape index (κ2) is 7.54. The molecule has 2 aromatic heterocycles. The van der Waals surface area contributed by atoms with Crippen LogP contribution in [0, 0.1) is 0 Å². The first-order chi connectivity index (χ1) is 11.6. The second-order valence-electron chi connectivity index (χ2n) is 6.98. The average molecular weight is 395 g/mol. The van der Waals surface area contributed by atoms with E-state index in [1.54, 1.807) is 0 Å². The van der Waals surface area contributed by atoms with Gasteiger partial charge < -0.3 is 4.74 Å². The van der Waals surface area contributed by atoms with E-state index in [9.17, 15) is 0 Å². The Morgan fingerprint density at radius 3 is 2.71 bits per heavy atom. The van der Waals surface area contributed by atoms with E-state index in [4.69, 9.17) is 9.84 Å². The molecule has 1 aliphatic heterocycles. The third-order valence-corrected chi connectivity index (χ3v) is 6.07. The molecule has 0 spiro atoms. The molecule has 2 aromatic rings. The van der Waals surface area contributed by atoms with E-state index in [1.807, 2.05) is 0 Å². The maximum absolute atomic E-state index is 5.64. The lowest BCUT2D eigenvalue weighted by molar-refractivity contribution is 0.0445. The van der Waals surface area contributed by atoms with Crippen molar-refractivity contribution in [2.75, 3.05) is 26.8 Å². The quantitative estimate of drug-likeness (QED) is 0.529. The van der Waals surface area contributed by atoms with Crippen molar-refractivity contribution in [1.82, 2.24) is 14.1 Å². The molecule has 0 bridgehead atoms. The van der Waals surface area contributed by atoms with E-state index in [0.29, 0.717) is 6.04 Å². The number of fused-ring (bicyclic) bond motifs is 1. The van der Waals surface area contributed by atoms with Crippen molar-refractivity contribution in [3.05, 3.63) is 28.5 Å². The number of hydrogen-bond donors (Lipinski definition) is 0. The molecule has 1 unspecified atom stereocenters. The monoisotopic (exact) mass is 394 g/mol. The van der Waals surface area contributed by atoms with Crippen LogP contribution in [0.1, 0.15) is 45.2 Å². The zero-order valence-electron chi connectivity index (χ0n) is 15.1. The third kappa shape index (κ3) is 3.14. The summed E-state index contributed by atoms with van der Waals surface area (Å²) < 4.78 is 9.72. The van der Waals surface area contributed by atoms with E-state index in [2.05, 4.69) is 59.5 Å². The summed E-state index contributed by atoms with van der Waals surface area (Å²) in [5, 5.41) is 4.92. The Bertz CT molecular complexity index is 693. The first kappa shape index (κ1) is 17.9. The number of halogens is 1. The maximum atomic E-state index is 5.64. The molecule has 0 amide bonds. The minimum atomic E-state index is 0.614. The highest BCUT2D eigenvalue weighted by atomic mass is 79.9. The van der Waals surface area contributed by atoms with Crippen molar-refractivity contribution in [1.29, 1.82) is 0 Å². The van der Waals surface area contributed by atoms with Gasteiger partial charge in [-0.15, -0.1) is 0 Å². The first-order valence-corrected chi connectivity index (χ1v) is 10.0. The van der Waals surface area contributed by atoms with Crippen molar-refractivity contribution in [2.45, 2.75) is 52.0 Å². The average Bonchev–Trinajstić information content (AvgIpc) is 3.01. The summed E-state index contributed by atoms with van der Waals surface area (Å²) >= 11 is 3.66. The van der Waals surface area contributed by atoms with Crippen LogP contribution >= 0.6 is 15.9 Å². The molecular formula is C19H29BrN3O+. The SMILES string of the molecule is CCCC[N+](C)(c1c(CC)nn2c(Br)cccc12)C1CCOCC1. The number of quaternary nitrogens is 1. The summed E-state index contributed by atoms with van der Waals surface area (Å²) in [5.74, 6) is 0. The molecule has 3 rings (SSSR count). The Labute approximate surface area is 153 Å². The molecule has 0 radical (unpaired) electrons. The summed E-state index contributed by atoms with van der Waals surface area (Å²) in [4.78, 5) is 0. The van der Waals surface area contributed by atoms with Crippen LogP contribution in [0.4, 0.5) is 5.69 Å². The highest BCUT2D eigenvalue weighted by Gasteiger charge is 2.40. The topological polar surface area (TPSA) is 26.5 Å². The van der Waals surface area contributed by atoms with Gasteiger partial charge in [-0.1, -0.05) is 26.3 Å². The number of pyridine rings is 1. The molecule has 1 saturated heterocycles. The molecule has 3 heterocycles. The predicted molar refractivity (Wildman–Crippen MR) is 104 cm³/mol. The molecule has 0 N–H and O–H groups in total. The van der Waals surface area contributed by atoms with Crippen molar-refractivity contribution in [2.24, 2.45) is 0 Å². The minimum Gasteiger partial charge on any atom is -0.381 e. The Balaban J connectivity index is 2.16. The normalized spacial score (nSPS) is 18.8. The molecule has 5 heteroatoms. The van der Waals surface area contributed by atoms with E-state index in [1.165, 1.54) is 36.3 Å². The van der Waals surface area contributed by atoms with Crippen molar-refractivity contribution in [3.63, 3.8) is 0 Å². The van der Waals surface area contributed by atoms with Crippen LogP contribution in [0.25, 0.3) is 5.52 Å². The predicted octanol–water partition coefficient (Wildman–Crippen LogP) is 4.58. The van der Waals surface area contributed by atoms with Crippen molar-refractivity contribution in [3.8, 4) is 0 Å². The number of rotatable bonds is 6. The van der Waals surface area contributed by atoms with Gasteiger partial charge in [-0.2, -0.15) is 5.10 Å². The lowest BCUT2D eigenvalue weighted by Gasteiger charge is -2.43. The molecule has 4 nitrogen and oxygen atoms in total. The molecule has 0 aromatic carbocycles. The number of nitrogens with zero attached hydrogens (tertiary/aromatic N) is 3. The van der Waals surface area contributed by atoms with E-state index in [0.717, 1.165) is 41.6 Å². The number of aromatic nitrogens is 2. The Morgan fingerprint density at radius 2 is 2.04 bits per heavy atom. The van der Waals surface area contributed by atoms with Crippen LogP contribution < -0.4 is 4.48 Å². The second-order valence-corrected chi connectivity index (χ2v) is 7.80. The van der Waals surface area contributed by atoms with Crippen LogP contribution in [0.5, 0.6) is 0 Å². The number of hydrogen-bond acceptors (Lipinski definition) is 2. The first-order valence-electron chi connectivity index (χ1n) is 9.21. The molecule has 1 fully saturated rings. The number of aryl methyl sites for hydroxylation is 1. The van der Waals surface area contributed by atoms with Gasteiger partial charge in [-0.25, -0.2) is 4.52 Å². The lowest BCUT2D eigenvalue weighted by Crippen LogP contribution is -2.56. The number of ether oxygens (including phenoxy) is 1. The van der Waals surface area contributed by atoms with Gasteiger partial charge in [0.15, 0.2) is 5.69 Å². The fourth-order valence-electron chi connectivity index (χ4n) is 4.08. The van der Waals surface area contributed by atoms with E-state index < -0.39 is 0 Å². The van der Waals surface area contributed by atoms with E-state index in [-0.39, 0.29) is 0 Å². The molecule has 132 valence electrons. The van der Waals surface area contributed by atoms with Gasteiger partial charge in [0.1, 0.15) is 15.8 Å². The third-order valence-electron chi connectivity index (χ3n) is 5.47. The summed E-state index contributed by atoms with van der Waals surface area (Å²) in [7, 11) is 2.42. The largest absolute Gasteiger partial charge is 0.381 e. The van der Waals surface area contributed by atoms with Gasteiger partial charge in [0.2, 0.25) is 0 Å². The lowest BCUT2D eigenvalue weighted by atomic mass is 10.0. The summed E-state index contributed by atoms with van der Waals surface area (Å²) in [5.41, 5.74) is 3.89. The maximum Gasteiger partial charge on any atom is 0.182 e. The smallest absolute Gasteiger partial charge is 0.182 e. The molecule has 24 heavy (non-hydrogen) atoms. The van der Waals surface area contributed by atoms with Crippen molar-refractivity contribution < 1.29 is 4.74 Å².